The number of Topliss-reactive ketones (excluding diaryl/α,β-unsaturated/α-hetero) is 2. The molecule has 0 aliphatic rings. The zero-order valence-corrected chi connectivity index (χ0v) is 12.2. The Hall–Kier alpha value is -1.56. The third-order valence-electron chi connectivity index (χ3n) is 2.90. The molecule has 1 rings (SSSR count). The first-order chi connectivity index (χ1) is 8.82. The topological polar surface area (TPSA) is 77.3 Å². The summed E-state index contributed by atoms with van der Waals surface area (Å²) in [5.74, 6) is -2.40. The molecule has 0 saturated carbocycles. The van der Waals surface area contributed by atoms with Crippen LogP contribution in [-0.4, -0.2) is 23.0 Å². The predicted octanol–water partition coefficient (Wildman–Crippen LogP) is 2.60. The van der Waals surface area contributed by atoms with Crippen LogP contribution in [0.2, 0.25) is 0 Å². The van der Waals surface area contributed by atoms with E-state index < -0.39 is 23.3 Å². The summed E-state index contributed by atoms with van der Waals surface area (Å²) in [6.45, 7) is 2.13. The summed E-state index contributed by atoms with van der Waals surface area (Å²) in [6, 6.07) is 6.90. The van der Waals surface area contributed by atoms with Gasteiger partial charge < -0.3 is 0 Å². The maximum absolute atomic E-state index is 11.6. The Kier molecular flexibility index (Phi) is 5.35. The highest BCUT2D eigenvalue weighted by Gasteiger charge is 2.34. The zero-order chi connectivity index (χ0) is 14.6. The van der Waals surface area contributed by atoms with Gasteiger partial charge >= 0.3 is 0 Å². The van der Waals surface area contributed by atoms with Crippen molar-refractivity contribution in [3.63, 3.8) is 0 Å². The summed E-state index contributed by atoms with van der Waals surface area (Å²) >= 11 is 3.28. The first-order valence-electron chi connectivity index (χ1n) is 5.71. The quantitative estimate of drug-likeness (QED) is 0.457. The van der Waals surface area contributed by atoms with Gasteiger partial charge in [0, 0.05) is 9.40 Å². The van der Waals surface area contributed by atoms with Gasteiger partial charge in [-0.2, -0.15) is 0 Å². The van der Waals surface area contributed by atoms with E-state index in [9.17, 15) is 19.7 Å². The van der Waals surface area contributed by atoms with E-state index in [0.29, 0.717) is 5.56 Å². The molecule has 0 heterocycles. The van der Waals surface area contributed by atoms with E-state index in [1.165, 1.54) is 13.8 Å². The molecule has 0 aliphatic carbocycles. The van der Waals surface area contributed by atoms with Crippen LogP contribution >= 0.6 is 15.9 Å². The molecular formula is C13H14BrNO4. The van der Waals surface area contributed by atoms with E-state index in [2.05, 4.69) is 15.9 Å². The number of ketones is 2. The SMILES string of the molecule is CC(=O)C(C(C)=O)[C@H](C[N+](=O)[O-])c1cccc(Br)c1. The van der Waals surface area contributed by atoms with Crippen molar-refractivity contribution in [1.82, 2.24) is 0 Å². The third kappa shape index (κ3) is 4.24. The molecule has 0 fully saturated rings. The molecule has 0 aromatic heterocycles. The van der Waals surface area contributed by atoms with E-state index in [-0.39, 0.29) is 11.6 Å². The van der Waals surface area contributed by atoms with Gasteiger partial charge in [0.2, 0.25) is 6.54 Å². The largest absolute Gasteiger partial charge is 0.299 e. The number of nitro groups is 1. The van der Waals surface area contributed by atoms with Gasteiger partial charge in [0.05, 0.1) is 11.8 Å². The Bertz CT molecular complexity index is 501. The van der Waals surface area contributed by atoms with Crippen LogP contribution in [0.5, 0.6) is 0 Å². The summed E-state index contributed by atoms with van der Waals surface area (Å²) in [5.41, 5.74) is 0.612. The molecule has 0 aliphatic heterocycles. The maximum atomic E-state index is 11.6. The van der Waals surface area contributed by atoms with Gasteiger partial charge in [-0.3, -0.25) is 19.7 Å². The van der Waals surface area contributed by atoms with E-state index in [4.69, 9.17) is 0 Å². The van der Waals surface area contributed by atoms with Crippen molar-refractivity contribution < 1.29 is 14.5 Å². The molecule has 0 amide bonds. The number of carbonyl (C=O) groups is 2. The lowest BCUT2D eigenvalue weighted by Gasteiger charge is -2.20. The first kappa shape index (κ1) is 15.5. The first-order valence-corrected chi connectivity index (χ1v) is 6.50. The molecule has 1 aromatic rings. The molecular weight excluding hydrogens is 314 g/mol. The van der Waals surface area contributed by atoms with Crippen molar-refractivity contribution in [2.45, 2.75) is 19.8 Å². The van der Waals surface area contributed by atoms with Crippen LogP contribution in [0.15, 0.2) is 28.7 Å². The monoisotopic (exact) mass is 327 g/mol. The van der Waals surface area contributed by atoms with Gasteiger partial charge in [-0.25, -0.2) is 0 Å². The smallest absolute Gasteiger partial charge is 0.211 e. The Morgan fingerprint density at radius 2 is 1.89 bits per heavy atom. The molecule has 0 unspecified atom stereocenters. The Balaban J connectivity index is 3.23. The summed E-state index contributed by atoms with van der Waals surface area (Å²) in [7, 11) is 0. The molecule has 0 bridgehead atoms. The van der Waals surface area contributed by atoms with Crippen LogP contribution in [0.25, 0.3) is 0 Å². The number of hydrogen-bond donors (Lipinski definition) is 0. The van der Waals surface area contributed by atoms with Crippen molar-refractivity contribution in [2.75, 3.05) is 6.54 Å². The Labute approximate surface area is 119 Å². The number of nitrogens with zero attached hydrogens (tertiary/aromatic N) is 1. The molecule has 6 heteroatoms. The molecule has 5 nitrogen and oxygen atoms in total. The average Bonchev–Trinajstić information content (AvgIpc) is 2.26. The second-order valence-corrected chi connectivity index (χ2v) is 5.29. The van der Waals surface area contributed by atoms with Crippen LogP contribution in [-0.2, 0) is 9.59 Å². The minimum absolute atomic E-state index is 0.348. The lowest BCUT2D eigenvalue weighted by molar-refractivity contribution is -0.484. The molecule has 102 valence electrons. The molecule has 19 heavy (non-hydrogen) atoms. The van der Waals surface area contributed by atoms with Crippen LogP contribution in [0.1, 0.15) is 25.3 Å². The van der Waals surface area contributed by atoms with E-state index >= 15 is 0 Å². The van der Waals surface area contributed by atoms with E-state index in [0.717, 1.165) is 4.47 Å². The Morgan fingerprint density at radius 3 is 2.32 bits per heavy atom. The maximum Gasteiger partial charge on any atom is 0.211 e. The predicted molar refractivity (Wildman–Crippen MR) is 73.6 cm³/mol. The number of rotatable bonds is 6. The van der Waals surface area contributed by atoms with Crippen LogP contribution < -0.4 is 0 Å². The second-order valence-electron chi connectivity index (χ2n) is 4.38. The summed E-state index contributed by atoms with van der Waals surface area (Å²) in [4.78, 5) is 33.5. The molecule has 0 N–H and O–H groups in total. The van der Waals surface area contributed by atoms with Gasteiger partial charge in [-0.15, -0.1) is 0 Å². The van der Waals surface area contributed by atoms with E-state index in [1.807, 2.05) is 0 Å². The van der Waals surface area contributed by atoms with Crippen molar-refractivity contribution in [1.29, 1.82) is 0 Å². The zero-order valence-electron chi connectivity index (χ0n) is 10.6. The minimum atomic E-state index is -0.972. The number of carbonyl (C=O) groups excluding carboxylic acids is 2. The van der Waals surface area contributed by atoms with Crippen LogP contribution in [0.3, 0.4) is 0 Å². The van der Waals surface area contributed by atoms with Crippen molar-refractivity contribution >= 4 is 27.5 Å². The molecule has 0 radical (unpaired) electrons. The molecule has 0 spiro atoms. The number of hydrogen-bond acceptors (Lipinski definition) is 4. The highest BCUT2D eigenvalue weighted by molar-refractivity contribution is 9.10. The van der Waals surface area contributed by atoms with E-state index in [1.54, 1.807) is 24.3 Å². The van der Waals surface area contributed by atoms with Gasteiger partial charge in [0.1, 0.15) is 11.6 Å². The molecule has 1 aromatic carbocycles. The normalized spacial score (nSPS) is 12.2. The average molecular weight is 328 g/mol. The van der Waals surface area contributed by atoms with Gasteiger partial charge in [-0.1, -0.05) is 28.1 Å². The summed E-state index contributed by atoms with van der Waals surface area (Å²) in [6.07, 6.45) is 0. The van der Waals surface area contributed by atoms with Crippen molar-refractivity contribution in [3.05, 3.63) is 44.4 Å². The molecule has 0 saturated heterocycles. The van der Waals surface area contributed by atoms with Gasteiger partial charge in [0.25, 0.3) is 0 Å². The fourth-order valence-corrected chi connectivity index (χ4v) is 2.57. The summed E-state index contributed by atoms with van der Waals surface area (Å²) in [5, 5.41) is 10.8. The fourth-order valence-electron chi connectivity index (χ4n) is 2.15. The minimum Gasteiger partial charge on any atom is -0.299 e. The van der Waals surface area contributed by atoms with Crippen molar-refractivity contribution in [3.8, 4) is 0 Å². The Morgan fingerprint density at radius 1 is 1.32 bits per heavy atom. The highest BCUT2D eigenvalue weighted by Crippen LogP contribution is 2.28. The standard InChI is InChI=1S/C13H14BrNO4/c1-8(16)13(9(2)17)12(7-15(18)19)10-4-3-5-11(14)6-10/h3-6,12-13H,7H2,1-2H3/t12-/m1/s1. The number of halogens is 1. The fraction of sp³-hybridized carbons (Fsp3) is 0.385. The van der Waals surface area contributed by atoms with Crippen LogP contribution in [0.4, 0.5) is 0 Å². The van der Waals surface area contributed by atoms with Crippen molar-refractivity contribution in [2.24, 2.45) is 5.92 Å². The van der Waals surface area contributed by atoms with Crippen LogP contribution in [0, 0.1) is 16.0 Å². The second kappa shape index (κ2) is 6.56. The lowest BCUT2D eigenvalue weighted by atomic mass is 9.81. The van der Waals surface area contributed by atoms with Gasteiger partial charge in [-0.05, 0) is 31.5 Å². The summed E-state index contributed by atoms with van der Waals surface area (Å²) < 4.78 is 0.754. The molecule has 1 atom stereocenters. The lowest BCUT2D eigenvalue weighted by Crippen LogP contribution is -2.31. The highest BCUT2D eigenvalue weighted by atomic mass is 79.9. The number of benzene rings is 1. The third-order valence-corrected chi connectivity index (χ3v) is 3.39. The van der Waals surface area contributed by atoms with Gasteiger partial charge in [0.15, 0.2) is 0 Å².